The van der Waals surface area contributed by atoms with Crippen molar-refractivity contribution in [2.75, 3.05) is 32.8 Å². The molecular formula is C33H50ClN3O5. The predicted molar refractivity (Wildman–Crippen MR) is 170 cm³/mol. The zero-order valence-corrected chi connectivity index (χ0v) is 26.8. The number of hydrogen-bond acceptors (Lipinski definition) is 6. The van der Waals surface area contributed by atoms with E-state index in [1.807, 2.05) is 30.9 Å². The molecule has 1 heterocycles. The van der Waals surface area contributed by atoms with E-state index in [0.29, 0.717) is 37.6 Å². The van der Waals surface area contributed by atoms with Crippen LogP contribution in [-0.2, 0) is 25.6 Å². The molecule has 0 spiro atoms. The Morgan fingerprint density at radius 3 is 2.62 bits per heavy atom. The SMILES string of the molecule is CCC(C)C/C=C/C(C/C=C/C(Cc1c(C)c(C)cc(O)c1Cl)=N/OCC(=O)N1CCCCC1)OCCCNC(C)=O. The number of nitrogens with zero attached hydrogens (tertiary/aromatic N) is 2. The monoisotopic (exact) mass is 603 g/mol. The van der Waals surface area contributed by atoms with Gasteiger partial charge in [0.2, 0.25) is 5.91 Å². The number of amides is 2. The lowest BCUT2D eigenvalue weighted by Gasteiger charge is -2.26. The van der Waals surface area contributed by atoms with Crippen molar-refractivity contribution in [1.29, 1.82) is 0 Å². The van der Waals surface area contributed by atoms with Crippen LogP contribution in [0, 0.1) is 19.8 Å². The molecule has 2 rings (SSSR count). The number of aromatic hydroxyl groups is 1. The number of carbonyl (C=O) groups is 2. The Kier molecular flexibility index (Phi) is 16.3. The molecule has 2 atom stereocenters. The van der Waals surface area contributed by atoms with Gasteiger partial charge in [0, 0.05) is 39.6 Å². The molecule has 234 valence electrons. The summed E-state index contributed by atoms with van der Waals surface area (Å²) >= 11 is 6.50. The summed E-state index contributed by atoms with van der Waals surface area (Å²) in [6.45, 7) is 12.3. The Morgan fingerprint density at radius 1 is 1.19 bits per heavy atom. The maximum absolute atomic E-state index is 12.6. The van der Waals surface area contributed by atoms with Gasteiger partial charge in [0.15, 0.2) is 6.61 Å². The summed E-state index contributed by atoms with van der Waals surface area (Å²) in [6.07, 6.45) is 14.9. The molecule has 0 bridgehead atoms. The second-order valence-electron chi connectivity index (χ2n) is 11.2. The van der Waals surface area contributed by atoms with E-state index < -0.39 is 0 Å². The number of oxime groups is 1. The minimum Gasteiger partial charge on any atom is -0.506 e. The van der Waals surface area contributed by atoms with Crippen molar-refractivity contribution >= 4 is 29.1 Å². The van der Waals surface area contributed by atoms with Crippen LogP contribution in [0.3, 0.4) is 0 Å². The van der Waals surface area contributed by atoms with E-state index in [1.165, 1.54) is 6.92 Å². The van der Waals surface area contributed by atoms with Gasteiger partial charge in [0.1, 0.15) is 5.75 Å². The van der Waals surface area contributed by atoms with Crippen molar-refractivity contribution < 1.29 is 24.3 Å². The molecule has 2 N–H and O–H groups in total. The largest absolute Gasteiger partial charge is 0.506 e. The van der Waals surface area contributed by atoms with Crippen LogP contribution in [0.5, 0.6) is 5.75 Å². The van der Waals surface area contributed by atoms with Crippen molar-refractivity contribution in [3.63, 3.8) is 0 Å². The molecule has 2 unspecified atom stereocenters. The molecule has 42 heavy (non-hydrogen) atoms. The number of piperidine rings is 1. The zero-order chi connectivity index (χ0) is 30.9. The average Bonchev–Trinajstić information content (AvgIpc) is 2.97. The van der Waals surface area contributed by atoms with Crippen LogP contribution >= 0.6 is 11.6 Å². The normalized spacial score (nSPS) is 15.8. The molecule has 8 nitrogen and oxygen atoms in total. The van der Waals surface area contributed by atoms with Crippen LogP contribution in [0.2, 0.25) is 5.02 Å². The third kappa shape index (κ3) is 13.0. The van der Waals surface area contributed by atoms with E-state index in [2.05, 4.69) is 36.5 Å². The van der Waals surface area contributed by atoms with Crippen LogP contribution < -0.4 is 5.32 Å². The van der Waals surface area contributed by atoms with Gasteiger partial charge in [0.05, 0.1) is 16.8 Å². The maximum atomic E-state index is 12.6. The second-order valence-corrected chi connectivity index (χ2v) is 11.5. The number of halogens is 1. The molecular weight excluding hydrogens is 554 g/mol. The van der Waals surface area contributed by atoms with Crippen LogP contribution in [0.4, 0.5) is 0 Å². The maximum Gasteiger partial charge on any atom is 0.263 e. The summed E-state index contributed by atoms with van der Waals surface area (Å²) in [5, 5.41) is 17.8. The first-order valence-electron chi connectivity index (χ1n) is 15.3. The van der Waals surface area contributed by atoms with Gasteiger partial charge in [-0.2, -0.15) is 0 Å². The first-order valence-corrected chi connectivity index (χ1v) is 15.6. The first kappa shape index (κ1) is 35.4. The molecule has 0 saturated carbocycles. The molecule has 0 aromatic heterocycles. The van der Waals surface area contributed by atoms with E-state index in [4.69, 9.17) is 21.2 Å². The van der Waals surface area contributed by atoms with E-state index in [-0.39, 0.29) is 35.3 Å². The van der Waals surface area contributed by atoms with E-state index in [9.17, 15) is 14.7 Å². The number of phenols is 1. The minimum absolute atomic E-state index is 0.0264. The number of allylic oxidation sites excluding steroid dienone is 2. The second kappa shape index (κ2) is 19.4. The van der Waals surface area contributed by atoms with Crippen molar-refractivity contribution in [3.05, 3.63) is 52.1 Å². The lowest BCUT2D eigenvalue weighted by atomic mass is 9.98. The fourth-order valence-corrected chi connectivity index (χ4v) is 4.86. The van der Waals surface area contributed by atoms with Crippen LogP contribution in [-0.4, -0.2) is 66.5 Å². The number of phenolic OH excluding ortho intramolecular Hbond substituents is 1. The molecule has 1 aromatic rings. The molecule has 1 fully saturated rings. The molecule has 1 aliphatic heterocycles. The molecule has 1 aromatic carbocycles. The van der Waals surface area contributed by atoms with Gasteiger partial charge >= 0.3 is 0 Å². The lowest BCUT2D eigenvalue weighted by Crippen LogP contribution is -2.37. The van der Waals surface area contributed by atoms with Gasteiger partial charge in [0.25, 0.3) is 5.91 Å². The Balaban J connectivity index is 2.16. The average molecular weight is 604 g/mol. The summed E-state index contributed by atoms with van der Waals surface area (Å²) < 4.78 is 6.12. The van der Waals surface area contributed by atoms with Gasteiger partial charge in [-0.3, -0.25) is 9.59 Å². The highest BCUT2D eigenvalue weighted by Crippen LogP contribution is 2.32. The number of rotatable bonds is 17. The third-order valence-electron chi connectivity index (χ3n) is 7.62. The smallest absolute Gasteiger partial charge is 0.263 e. The Labute approximate surface area is 257 Å². The van der Waals surface area contributed by atoms with Gasteiger partial charge in [-0.25, -0.2) is 0 Å². The summed E-state index contributed by atoms with van der Waals surface area (Å²) in [5.74, 6) is 0.508. The standard InChI is InChI=1S/C33H50ClN3O5/c1-6-24(2)13-10-15-29(41-20-12-17-35-27(5)38)16-11-14-28(22-30-26(4)25(3)21-31(39)33(30)34)36-42-23-32(40)37-18-8-7-9-19-37/h10-11,14-15,21,24,29,39H,6-9,12-13,16-20,22-23H2,1-5H3,(H,35,38)/b14-11+,15-10+,36-28-. The van der Waals surface area contributed by atoms with Crippen LogP contribution in [0.15, 0.2) is 35.5 Å². The molecule has 2 amide bonds. The third-order valence-corrected chi connectivity index (χ3v) is 8.04. The molecule has 1 aliphatic rings. The number of benzene rings is 1. The van der Waals surface area contributed by atoms with Crippen molar-refractivity contribution in [1.82, 2.24) is 10.2 Å². The van der Waals surface area contributed by atoms with E-state index in [0.717, 1.165) is 68.3 Å². The highest BCUT2D eigenvalue weighted by atomic mass is 35.5. The summed E-state index contributed by atoms with van der Waals surface area (Å²) in [4.78, 5) is 31.1. The highest BCUT2D eigenvalue weighted by molar-refractivity contribution is 6.33. The predicted octanol–water partition coefficient (Wildman–Crippen LogP) is 6.44. The van der Waals surface area contributed by atoms with Gasteiger partial charge in [-0.1, -0.05) is 55.3 Å². The highest BCUT2D eigenvalue weighted by Gasteiger charge is 2.18. The number of hydrogen-bond donors (Lipinski definition) is 2. The molecule has 0 radical (unpaired) electrons. The summed E-state index contributed by atoms with van der Waals surface area (Å²) in [6, 6.07) is 1.65. The molecule has 0 aliphatic carbocycles. The first-order chi connectivity index (χ1) is 20.1. The Hall–Kier alpha value is -2.84. The fourth-order valence-electron chi connectivity index (χ4n) is 4.59. The van der Waals surface area contributed by atoms with Gasteiger partial charge < -0.3 is 24.9 Å². The number of likely N-dealkylation sites (tertiary alicyclic amines) is 1. The van der Waals surface area contributed by atoms with Gasteiger partial charge in [-0.15, -0.1) is 0 Å². The van der Waals surface area contributed by atoms with Crippen LogP contribution in [0.25, 0.3) is 0 Å². The van der Waals surface area contributed by atoms with E-state index in [1.54, 1.807) is 6.07 Å². The molecule has 9 heteroatoms. The quantitative estimate of drug-likeness (QED) is 0.0923. The number of nitrogens with one attached hydrogen (secondary N) is 1. The lowest BCUT2D eigenvalue weighted by molar-refractivity contribution is -0.137. The topological polar surface area (TPSA) is 100 Å². The van der Waals surface area contributed by atoms with Crippen molar-refractivity contribution in [2.24, 2.45) is 11.1 Å². The Bertz CT molecular complexity index is 1070. The Morgan fingerprint density at radius 2 is 1.93 bits per heavy atom. The summed E-state index contributed by atoms with van der Waals surface area (Å²) in [5.41, 5.74) is 3.25. The number of ether oxygens (including phenoxy) is 1. The number of aryl methyl sites for hydroxylation is 1. The number of carbonyl (C=O) groups excluding carboxylic acids is 2. The zero-order valence-electron chi connectivity index (χ0n) is 26.1. The van der Waals surface area contributed by atoms with Crippen LogP contribution in [0.1, 0.15) is 82.4 Å². The summed E-state index contributed by atoms with van der Waals surface area (Å²) in [7, 11) is 0. The van der Waals surface area contributed by atoms with E-state index >= 15 is 0 Å². The minimum atomic E-state index is -0.140. The van der Waals surface area contributed by atoms with Crippen molar-refractivity contribution in [2.45, 2.75) is 92.1 Å². The van der Waals surface area contributed by atoms with Gasteiger partial charge in [-0.05, 0) is 87.1 Å². The molecule has 1 saturated heterocycles. The fraction of sp³-hybridized carbons (Fsp3) is 0.606. The van der Waals surface area contributed by atoms with Crippen molar-refractivity contribution in [3.8, 4) is 5.75 Å².